The summed E-state index contributed by atoms with van der Waals surface area (Å²) in [4.78, 5) is 12.0. The lowest BCUT2D eigenvalue weighted by atomic mass is 9.94. The number of carbonyl (C=O) groups excluding carboxylic acids is 1. The van der Waals surface area contributed by atoms with Crippen LogP contribution in [0.2, 0.25) is 0 Å². The number of nitrogens with one attached hydrogen (secondary N) is 2. The number of hydrogen-bond donors (Lipinski definition) is 2. The van der Waals surface area contributed by atoms with Crippen LogP contribution in [0.25, 0.3) is 0 Å². The van der Waals surface area contributed by atoms with Crippen molar-refractivity contribution in [3.05, 3.63) is 29.3 Å². The van der Waals surface area contributed by atoms with E-state index in [1.165, 1.54) is 11.1 Å². The first-order chi connectivity index (χ1) is 7.98. The van der Waals surface area contributed by atoms with Gasteiger partial charge in [-0.05, 0) is 30.2 Å². The van der Waals surface area contributed by atoms with Crippen molar-refractivity contribution >= 4 is 11.6 Å². The second kappa shape index (κ2) is 4.49. The fourth-order valence-electron chi connectivity index (χ4n) is 1.94. The zero-order valence-corrected chi connectivity index (χ0v) is 10.8. The molecule has 0 saturated heterocycles. The molecule has 1 aromatic rings. The van der Waals surface area contributed by atoms with E-state index in [0.717, 1.165) is 25.2 Å². The van der Waals surface area contributed by atoms with Crippen LogP contribution in [0.5, 0.6) is 0 Å². The number of carbonyl (C=O) groups is 1. The van der Waals surface area contributed by atoms with Gasteiger partial charge < -0.3 is 10.6 Å². The molecule has 0 bridgehead atoms. The molecule has 0 fully saturated rings. The summed E-state index contributed by atoms with van der Waals surface area (Å²) in [6.07, 6.45) is 1.04. The second-order valence-electron chi connectivity index (χ2n) is 5.57. The minimum atomic E-state index is -0.356. The maximum Gasteiger partial charge on any atom is 0.229 e. The molecule has 3 heteroatoms. The Morgan fingerprint density at radius 2 is 2.12 bits per heavy atom. The number of fused-ring (bicyclic) bond motifs is 1. The number of amides is 1. The van der Waals surface area contributed by atoms with Crippen molar-refractivity contribution in [1.82, 2.24) is 5.32 Å². The Balaban J connectivity index is 2.25. The van der Waals surface area contributed by atoms with Crippen molar-refractivity contribution in [1.29, 1.82) is 0 Å². The zero-order chi connectivity index (χ0) is 12.5. The van der Waals surface area contributed by atoms with Gasteiger partial charge in [0, 0.05) is 17.6 Å². The Labute approximate surface area is 103 Å². The average Bonchev–Trinajstić information content (AvgIpc) is 2.28. The molecule has 1 aromatic carbocycles. The van der Waals surface area contributed by atoms with Gasteiger partial charge in [-0.25, -0.2) is 0 Å². The van der Waals surface area contributed by atoms with Gasteiger partial charge in [0.15, 0.2) is 0 Å². The summed E-state index contributed by atoms with van der Waals surface area (Å²) in [5, 5.41) is 6.37. The van der Waals surface area contributed by atoms with Gasteiger partial charge in [-0.15, -0.1) is 0 Å². The highest BCUT2D eigenvalue weighted by atomic mass is 16.2. The van der Waals surface area contributed by atoms with E-state index in [1.54, 1.807) is 0 Å². The van der Waals surface area contributed by atoms with E-state index in [2.05, 4.69) is 16.7 Å². The molecule has 3 nitrogen and oxygen atoms in total. The number of rotatable bonds is 1. The van der Waals surface area contributed by atoms with Crippen LogP contribution >= 0.6 is 0 Å². The summed E-state index contributed by atoms with van der Waals surface area (Å²) in [5.74, 6) is 0.0662. The van der Waals surface area contributed by atoms with E-state index in [0.29, 0.717) is 0 Å². The topological polar surface area (TPSA) is 41.1 Å². The molecule has 0 unspecified atom stereocenters. The standard InChI is InChI=1S/C14H20N2O/c1-14(2,3)13(17)16-12-6-4-5-10-7-8-15-9-11(10)12/h4-6,15H,7-9H2,1-3H3,(H,16,17). The van der Waals surface area contributed by atoms with Crippen LogP contribution in [0, 0.1) is 5.41 Å². The van der Waals surface area contributed by atoms with Gasteiger partial charge in [-0.2, -0.15) is 0 Å². The number of anilines is 1. The summed E-state index contributed by atoms with van der Waals surface area (Å²) < 4.78 is 0. The normalized spacial score (nSPS) is 15.2. The van der Waals surface area contributed by atoms with E-state index in [-0.39, 0.29) is 11.3 Å². The largest absolute Gasteiger partial charge is 0.325 e. The third-order valence-corrected chi connectivity index (χ3v) is 3.08. The highest BCUT2D eigenvalue weighted by Gasteiger charge is 2.22. The molecule has 0 saturated carbocycles. The predicted octanol–water partition coefficient (Wildman–Crippen LogP) is 2.32. The fraction of sp³-hybridized carbons (Fsp3) is 0.500. The lowest BCUT2D eigenvalue weighted by Gasteiger charge is -2.23. The molecule has 2 rings (SSSR count). The lowest BCUT2D eigenvalue weighted by molar-refractivity contribution is -0.123. The van der Waals surface area contributed by atoms with E-state index in [4.69, 9.17) is 0 Å². The maximum absolute atomic E-state index is 12.0. The molecule has 0 atom stereocenters. The third-order valence-electron chi connectivity index (χ3n) is 3.08. The molecular weight excluding hydrogens is 212 g/mol. The predicted molar refractivity (Wildman–Crippen MR) is 69.9 cm³/mol. The molecule has 17 heavy (non-hydrogen) atoms. The molecule has 2 N–H and O–H groups in total. The van der Waals surface area contributed by atoms with E-state index >= 15 is 0 Å². The first-order valence-electron chi connectivity index (χ1n) is 6.11. The molecule has 0 spiro atoms. The van der Waals surface area contributed by atoms with Crippen LogP contribution in [0.1, 0.15) is 31.9 Å². The van der Waals surface area contributed by atoms with Crippen LogP contribution in [-0.2, 0) is 17.8 Å². The van der Waals surface area contributed by atoms with Gasteiger partial charge in [0.1, 0.15) is 0 Å². The van der Waals surface area contributed by atoms with Gasteiger partial charge in [0.25, 0.3) is 0 Å². The van der Waals surface area contributed by atoms with E-state index in [9.17, 15) is 4.79 Å². The van der Waals surface area contributed by atoms with Crippen LogP contribution in [0.15, 0.2) is 18.2 Å². The summed E-state index contributed by atoms with van der Waals surface area (Å²) >= 11 is 0. The molecule has 0 aliphatic carbocycles. The number of benzene rings is 1. The Bertz CT molecular complexity index is 432. The van der Waals surface area contributed by atoms with Gasteiger partial charge >= 0.3 is 0 Å². The molecule has 0 aromatic heterocycles. The van der Waals surface area contributed by atoms with Gasteiger partial charge in [0.2, 0.25) is 5.91 Å². The Morgan fingerprint density at radius 1 is 1.35 bits per heavy atom. The van der Waals surface area contributed by atoms with Crippen molar-refractivity contribution in [2.45, 2.75) is 33.7 Å². The summed E-state index contributed by atoms with van der Waals surface area (Å²) in [7, 11) is 0. The monoisotopic (exact) mass is 232 g/mol. The molecule has 1 aliphatic rings. The first kappa shape index (κ1) is 12.1. The third kappa shape index (κ3) is 2.67. The highest BCUT2D eigenvalue weighted by molar-refractivity contribution is 5.95. The number of hydrogen-bond acceptors (Lipinski definition) is 2. The smallest absolute Gasteiger partial charge is 0.229 e. The second-order valence-corrected chi connectivity index (χ2v) is 5.57. The minimum absolute atomic E-state index is 0.0662. The molecule has 92 valence electrons. The molecule has 0 radical (unpaired) electrons. The molecular formula is C14H20N2O. The molecule has 1 aliphatic heterocycles. The first-order valence-corrected chi connectivity index (χ1v) is 6.11. The zero-order valence-electron chi connectivity index (χ0n) is 10.8. The quantitative estimate of drug-likeness (QED) is 0.780. The average molecular weight is 232 g/mol. The Hall–Kier alpha value is -1.35. The van der Waals surface area contributed by atoms with E-state index < -0.39 is 0 Å². The maximum atomic E-state index is 12.0. The highest BCUT2D eigenvalue weighted by Crippen LogP contribution is 2.25. The van der Waals surface area contributed by atoms with Gasteiger partial charge in [0.05, 0.1) is 0 Å². The van der Waals surface area contributed by atoms with Crippen molar-refractivity contribution in [3.8, 4) is 0 Å². The minimum Gasteiger partial charge on any atom is -0.325 e. The summed E-state index contributed by atoms with van der Waals surface area (Å²) in [6.45, 7) is 7.64. The Kier molecular flexibility index (Phi) is 3.20. The van der Waals surface area contributed by atoms with Crippen LogP contribution < -0.4 is 10.6 Å². The van der Waals surface area contributed by atoms with Gasteiger partial charge in [-0.1, -0.05) is 32.9 Å². The van der Waals surface area contributed by atoms with Crippen LogP contribution in [-0.4, -0.2) is 12.5 Å². The SMILES string of the molecule is CC(C)(C)C(=O)Nc1cccc2c1CNCC2. The fourth-order valence-corrected chi connectivity index (χ4v) is 1.94. The summed E-state index contributed by atoms with van der Waals surface area (Å²) in [6, 6.07) is 6.14. The van der Waals surface area contributed by atoms with Gasteiger partial charge in [-0.3, -0.25) is 4.79 Å². The van der Waals surface area contributed by atoms with Crippen molar-refractivity contribution in [2.75, 3.05) is 11.9 Å². The van der Waals surface area contributed by atoms with Crippen molar-refractivity contribution in [2.24, 2.45) is 5.41 Å². The Morgan fingerprint density at radius 3 is 2.82 bits per heavy atom. The van der Waals surface area contributed by atoms with E-state index in [1.807, 2.05) is 32.9 Å². The van der Waals surface area contributed by atoms with Crippen molar-refractivity contribution in [3.63, 3.8) is 0 Å². The molecule has 1 heterocycles. The van der Waals surface area contributed by atoms with Crippen molar-refractivity contribution < 1.29 is 4.79 Å². The summed E-state index contributed by atoms with van der Waals surface area (Å²) in [5.41, 5.74) is 3.17. The molecule has 1 amide bonds. The van der Waals surface area contributed by atoms with Crippen LogP contribution in [0.3, 0.4) is 0 Å². The lowest BCUT2D eigenvalue weighted by Crippen LogP contribution is -2.30. The van der Waals surface area contributed by atoms with Crippen LogP contribution in [0.4, 0.5) is 5.69 Å².